The molecular weight excluding hydrogens is 364 g/mol. The summed E-state index contributed by atoms with van der Waals surface area (Å²) in [5.74, 6) is 0.913. The molecule has 1 aliphatic rings. The molecule has 0 atom stereocenters. The maximum atomic E-state index is 5.59. The van der Waals surface area contributed by atoms with Crippen molar-refractivity contribution < 1.29 is 4.58 Å². The fourth-order valence-electron chi connectivity index (χ4n) is 3.77. The molecule has 0 radical (unpaired) electrons. The zero-order chi connectivity index (χ0) is 20.3. The molecule has 0 aliphatic carbocycles. The van der Waals surface area contributed by atoms with Crippen molar-refractivity contribution in [1.29, 1.82) is 0 Å². The zero-order valence-electron chi connectivity index (χ0n) is 17.2. The van der Waals surface area contributed by atoms with Gasteiger partial charge in [0, 0.05) is 42.7 Å². The van der Waals surface area contributed by atoms with Gasteiger partial charge in [-0.05, 0) is 37.6 Å². The second-order valence-corrected chi connectivity index (χ2v) is 9.05. The molecule has 4 nitrogen and oxygen atoms in total. The van der Waals surface area contributed by atoms with Crippen LogP contribution in [-0.4, -0.2) is 42.2 Å². The number of rotatable bonds is 7. The number of thioether (sulfide) groups is 1. The Kier molecular flexibility index (Phi) is 6.28. The van der Waals surface area contributed by atoms with Crippen molar-refractivity contribution in [2.75, 3.05) is 31.3 Å². The van der Waals surface area contributed by atoms with Gasteiger partial charge in [0.15, 0.2) is 5.71 Å². The maximum absolute atomic E-state index is 5.59. The van der Waals surface area contributed by atoms with Gasteiger partial charge in [0.05, 0.1) is 5.41 Å². The van der Waals surface area contributed by atoms with E-state index in [2.05, 4.69) is 98.1 Å². The van der Waals surface area contributed by atoms with Crippen molar-refractivity contribution in [2.24, 2.45) is 11.5 Å². The van der Waals surface area contributed by atoms with E-state index >= 15 is 0 Å². The monoisotopic (exact) mass is 395 g/mol. The molecule has 1 heterocycles. The molecule has 0 spiro atoms. The van der Waals surface area contributed by atoms with Crippen molar-refractivity contribution in [3.8, 4) is 0 Å². The molecule has 2 aromatic carbocycles. The van der Waals surface area contributed by atoms with E-state index in [-0.39, 0.29) is 10.9 Å². The van der Waals surface area contributed by atoms with E-state index in [0.29, 0.717) is 0 Å². The number of nitrogens with zero attached hydrogens (tertiary/aromatic N) is 2. The molecule has 0 amide bonds. The molecule has 5 heteroatoms. The van der Waals surface area contributed by atoms with Gasteiger partial charge in [0.25, 0.3) is 0 Å². The molecule has 0 aromatic heterocycles. The zero-order valence-corrected chi connectivity index (χ0v) is 18.0. The lowest BCUT2D eigenvalue weighted by Gasteiger charge is -2.19. The fourth-order valence-corrected chi connectivity index (χ4v) is 4.42. The van der Waals surface area contributed by atoms with Gasteiger partial charge in [0.1, 0.15) is 12.5 Å². The molecule has 148 valence electrons. The molecular formula is C23H31N4S+. The average molecular weight is 396 g/mol. The Morgan fingerprint density at radius 1 is 1.07 bits per heavy atom. The first-order valence-electron chi connectivity index (χ1n) is 9.63. The molecule has 1 aliphatic heterocycles. The third-order valence-electron chi connectivity index (χ3n) is 5.44. The van der Waals surface area contributed by atoms with Crippen LogP contribution in [0.15, 0.2) is 54.6 Å². The molecule has 0 fully saturated rings. The predicted octanol–water partition coefficient (Wildman–Crippen LogP) is 3.78. The van der Waals surface area contributed by atoms with Crippen LogP contribution in [0.25, 0.3) is 6.08 Å². The lowest BCUT2D eigenvalue weighted by atomic mass is 9.81. The van der Waals surface area contributed by atoms with E-state index in [4.69, 9.17) is 11.5 Å². The Morgan fingerprint density at radius 3 is 2.39 bits per heavy atom. The molecule has 0 saturated carbocycles. The van der Waals surface area contributed by atoms with Crippen molar-refractivity contribution in [3.05, 3.63) is 65.7 Å². The molecule has 0 saturated heterocycles. The molecule has 4 N–H and O–H groups in total. The van der Waals surface area contributed by atoms with Crippen LogP contribution in [0.4, 0.5) is 11.4 Å². The van der Waals surface area contributed by atoms with Crippen LogP contribution in [0.1, 0.15) is 25.0 Å². The van der Waals surface area contributed by atoms with Crippen molar-refractivity contribution in [3.63, 3.8) is 0 Å². The van der Waals surface area contributed by atoms with E-state index in [1.807, 2.05) is 0 Å². The summed E-state index contributed by atoms with van der Waals surface area (Å²) in [7, 11) is 4.24. The normalized spacial score (nSPS) is 15.5. The summed E-state index contributed by atoms with van der Waals surface area (Å²) in [6, 6.07) is 17.3. The Labute approximate surface area is 172 Å². The highest BCUT2D eigenvalue weighted by atomic mass is 32.2. The minimum Gasteiger partial charge on any atom is -0.374 e. The van der Waals surface area contributed by atoms with Crippen LogP contribution >= 0.6 is 11.8 Å². The molecule has 3 rings (SSSR count). The second kappa shape index (κ2) is 8.52. The Balaban J connectivity index is 1.71. The average Bonchev–Trinajstić information content (AvgIpc) is 2.86. The van der Waals surface area contributed by atoms with Crippen molar-refractivity contribution in [1.82, 2.24) is 0 Å². The lowest BCUT2D eigenvalue weighted by Crippen LogP contribution is -2.29. The molecule has 28 heavy (non-hydrogen) atoms. The molecule has 0 unspecified atom stereocenters. The maximum Gasteiger partial charge on any atom is 0.209 e. The first-order chi connectivity index (χ1) is 13.3. The van der Waals surface area contributed by atoms with E-state index in [0.717, 1.165) is 12.3 Å². The topological polar surface area (TPSA) is 58.3 Å². The second-order valence-electron chi connectivity index (χ2n) is 7.77. The highest BCUT2D eigenvalue weighted by molar-refractivity contribution is 7.99. The number of hydrogen-bond acceptors (Lipinski definition) is 4. The first kappa shape index (κ1) is 20.6. The van der Waals surface area contributed by atoms with E-state index in [9.17, 15) is 0 Å². The summed E-state index contributed by atoms with van der Waals surface area (Å²) in [6.07, 6.45) is 4.45. The van der Waals surface area contributed by atoms with Crippen LogP contribution in [-0.2, 0) is 5.41 Å². The predicted molar refractivity (Wildman–Crippen MR) is 124 cm³/mol. The van der Waals surface area contributed by atoms with Crippen LogP contribution in [0.3, 0.4) is 0 Å². The number of fused-ring (bicyclic) bond motifs is 1. The van der Waals surface area contributed by atoms with Crippen molar-refractivity contribution >= 4 is 34.9 Å². The van der Waals surface area contributed by atoms with E-state index < -0.39 is 0 Å². The van der Waals surface area contributed by atoms with Gasteiger partial charge >= 0.3 is 0 Å². The van der Waals surface area contributed by atoms with E-state index in [1.165, 1.54) is 28.2 Å². The third kappa shape index (κ3) is 4.32. The smallest absolute Gasteiger partial charge is 0.209 e. The van der Waals surface area contributed by atoms with Gasteiger partial charge in [-0.1, -0.05) is 30.3 Å². The minimum atomic E-state index is -0.303. The standard InChI is InChI=1S/C23H31N4S/c1-23(2)19-7-5-6-8-20(19)27(4)21(23)14-11-17-9-12-18(13-10-17)26(3)15-16-28-22(24)25/h5-14,22H,15-16,24-25H2,1-4H3/q+1. The summed E-state index contributed by atoms with van der Waals surface area (Å²) in [6.45, 7) is 5.50. The summed E-state index contributed by atoms with van der Waals surface area (Å²) in [4.78, 5) is 2.22. The highest BCUT2D eigenvalue weighted by Crippen LogP contribution is 2.39. The number of hydrogen-bond donors (Lipinski definition) is 2. The molecule has 2 aromatic rings. The summed E-state index contributed by atoms with van der Waals surface area (Å²) in [5, 5.41) is 0. The van der Waals surface area contributed by atoms with Crippen LogP contribution in [0.2, 0.25) is 0 Å². The van der Waals surface area contributed by atoms with Gasteiger partial charge in [-0.15, -0.1) is 11.8 Å². The first-order valence-corrected chi connectivity index (χ1v) is 10.7. The number of allylic oxidation sites excluding steroid dienone is 1. The Hall–Kier alpha value is -2.08. The van der Waals surface area contributed by atoms with Gasteiger partial charge < -0.3 is 16.4 Å². The van der Waals surface area contributed by atoms with Crippen LogP contribution in [0.5, 0.6) is 0 Å². The lowest BCUT2D eigenvalue weighted by molar-refractivity contribution is -0.401. The van der Waals surface area contributed by atoms with Crippen LogP contribution in [0, 0.1) is 0 Å². The molecule has 0 bridgehead atoms. The SMILES string of the molecule is CN(CCSC(N)N)c1ccc(/C=C/C2=[N+](C)c3ccccc3C2(C)C)cc1. The summed E-state index contributed by atoms with van der Waals surface area (Å²) >= 11 is 1.57. The van der Waals surface area contributed by atoms with E-state index in [1.54, 1.807) is 11.8 Å². The number of anilines is 1. The quantitative estimate of drug-likeness (QED) is 0.553. The third-order valence-corrected chi connectivity index (χ3v) is 6.25. The van der Waals surface area contributed by atoms with Gasteiger partial charge in [-0.2, -0.15) is 4.58 Å². The van der Waals surface area contributed by atoms with Gasteiger partial charge in [-0.3, -0.25) is 0 Å². The highest BCUT2D eigenvalue weighted by Gasteiger charge is 2.42. The largest absolute Gasteiger partial charge is 0.374 e. The van der Waals surface area contributed by atoms with Crippen LogP contribution < -0.4 is 16.4 Å². The summed E-state index contributed by atoms with van der Waals surface area (Å²) < 4.78 is 2.30. The Morgan fingerprint density at radius 2 is 1.75 bits per heavy atom. The van der Waals surface area contributed by atoms with Gasteiger partial charge in [0.2, 0.25) is 5.69 Å². The van der Waals surface area contributed by atoms with Crippen molar-refractivity contribution in [2.45, 2.75) is 24.8 Å². The fraction of sp³-hybridized carbons (Fsp3) is 0.348. The minimum absolute atomic E-state index is 0.00348. The number of benzene rings is 2. The van der Waals surface area contributed by atoms with Gasteiger partial charge in [-0.25, -0.2) is 0 Å². The summed E-state index contributed by atoms with van der Waals surface area (Å²) in [5.41, 5.74) is 17.3. The number of nitrogens with two attached hydrogens (primary N) is 2. The Bertz CT molecular complexity index is 882. The number of para-hydroxylation sites is 1.